The zero-order chi connectivity index (χ0) is 26.6. The number of hydrogen-bond acceptors (Lipinski definition) is 6. The number of anilines is 3. The van der Waals surface area contributed by atoms with Gasteiger partial charge in [-0.1, -0.05) is 26.0 Å². The van der Waals surface area contributed by atoms with E-state index in [-0.39, 0.29) is 17.2 Å². The minimum Gasteiger partial charge on any atom is -0.490 e. The third-order valence-corrected chi connectivity index (χ3v) is 7.18. The number of nitrogens with zero attached hydrogens (tertiary/aromatic N) is 5. The maximum atomic E-state index is 15.0. The Hall–Kier alpha value is -3.43. The number of piperazine rings is 1. The van der Waals surface area contributed by atoms with Crippen LogP contribution in [-0.4, -0.2) is 71.4 Å². The third-order valence-electron chi connectivity index (χ3n) is 7.18. The molecule has 9 heteroatoms. The van der Waals surface area contributed by atoms with Crippen LogP contribution in [0, 0.1) is 11.7 Å². The molecule has 0 spiro atoms. The van der Waals surface area contributed by atoms with E-state index in [0.29, 0.717) is 19.1 Å². The highest BCUT2D eigenvalue weighted by Gasteiger charge is 2.27. The normalized spacial score (nSPS) is 16.1. The Bertz CT molecular complexity index is 1270. The number of para-hydroxylation sites is 2. The monoisotopic (exact) mass is 520 g/mol. The Morgan fingerprint density at radius 3 is 2.63 bits per heavy atom. The Kier molecular flexibility index (Phi) is 7.95. The standard InChI is InChI=1S/C29H37FN6O2/c1-21(2)19-35-14-12-34(13-15-35)11-6-16-38-27-10-9-22(17-24(27)30)29(37)36-20-23-18-31-33(3)28(23)32-25-7-4-5-8-26(25)36/h4-5,7-10,17-18,21,32H,6,11-16,19-20H2,1-3H3. The molecule has 1 amide bonds. The van der Waals surface area contributed by atoms with Gasteiger partial charge in [0.25, 0.3) is 5.91 Å². The number of rotatable bonds is 8. The average Bonchev–Trinajstić information content (AvgIpc) is 3.15. The van der Waals surface area contributed by atoms with Gasteiger partial charge in [0.05, 0.1) is 30.7 Å². The fourth-order valence-corrected chi connectivity index (χ4v) is 5.23. The van der Waals surface area contributed by atoms with Gasteiger partial charge in [0.1, 0.15) is 5.82 Å². The second-order valence-electron chi connectivity index (χ2n) is 10.6. The van der Waals surface area contributed by atoms with E-state index in [1.807, 2.05) is 31.3 Å². The maximum absolute atomic E-state index is 15.0. The first kappa shape index (κ1) is 26.2. The van der Waals surface area contributed by atoms with Gasteiger partial charge in [-0.3, -0.25) is 9.48 Å². The topological polar surface area (TPSA) is 65.9 Å². The van der Waals surface area contributed by atoms with Crippen LogP contribution in [0.4, 0.5) is 21.6 Å². The van der Waals surface area contributed by atoms with Crippen LogP contribution in [0.2, 0.25) is 0 Å². The Labute approximate surface area is 224 Å². The fourth-order valence-electron chi connectivity index (χ4n) is 5.23. The van der Waals surface area contributed by atoms with Crippen LogP contribution in [0.5, 0.6) is 5.75 Å². The van der Waals surface area contributed by atoms with Crippen LogP contribution >= 0.6 is 0 Å². The van der Waals surface area contributed by atoms with Gasteiger partial charge in [-0.25, -0.2) is 4.39 Å². The van der Waals surface area contributed by atoms with Crippen LogP contribution < -0.4 is 15.0 Å². The van der Waals surface area contributed by atoms with E-state index < -0.39 is 5.82 Å². The van der Waals surface area contributed by atoms with Crippen molar-refractivity contribution in [3.8, 4) is 5.75 Å². The van der Waals surface area contributed by atoms with E-state index in [0.717, 1.165) is 68.4 Å². The van der Waals surface area contributed by atoms with Gasteiger partial charge >= 0.3 is 0 Å². The Morgan fingerprint density at radius 2 is 1.87 bits per heavy atom. The van der Waals surface area contributed by atoms with E-state index in [4.69, 9.17) is 4.74 Å². The van der Waals surface area contributed by atoms with Gasteiger partial charge in [0.15, 0.2) is 11.6 Å². The van der Waals surface area contributed by atoms with Crippen molar-refractivity contribution in [2.24, 2.45) is 13.0 Å². The van der Waals surface area contributed by atoms with Gasteiger partial charge in [-0.05, 0) is 42.7 Å². The average molecular weight is 521 g/mol. The lowest BCUT2D eigenvalue weighted by molar-refractivity contribution is 0.0985. The fraction of sp³-hybridized carbons (Fsp3) is 0.448. The van der Waals surface area contributed by atoms with Crippen molar-refractivity contribution < 1.29 is 13.9 Å². The van der Waals surface area contributed by atoms with Crippen LogP contribution in [0.15, 0.2) is 48.7 Å². The second-order valence-corrected chi connectivity index (χ2v) is 10.6. The van der Waals surface area contributed by atoms with Crippen molar-refractivity contribution in [1.29, 1.82) is 0 Å². The number of carbonyl (C=O) groups excluding carboxylic acids is 1. The molecule has 0 saturated carbocycles. The van der Waals surface area contributed by atoms with Gasteiger partial charge in [0.2, 0.25) is 0 Å². The molecule has 0 radical (unpaired) electrons. The second kappa shape index (κ2) is 11.5. The number of carbonyl (C=O) groups is 1. The predicted octanol–water partition coefficient (Wildman–Crippen LogP) is 4.51. The molecule has 38 heavy (non-hydrogen) atoms. The molecule has 5 rings (SSSR count). The first-order chi connectivity index (χ1) is 18.4. The first-order valence-electron chi connectivity index (χ1n) is 13.4. The quantitative estimate of drug-likeness (QED) is 0.441. The minimum atomic E-state index is -0.526. The van der Waals surface area contributed by atoms with Crippen LogP contribution in [0.3, 0.4) is 0 Å². The summed E-state index contributed by atoms with van der Waals surface area (Å²) in [4.78, 5) is 20.2. The minimum absolute atomic E-state index is 0.177. The molecule has 8 nitrogen and oxygen atoms in total. The molecule has 1 aromatic heterocycles. The van der Waals surface area contributed by atoms with E-state index in [1.54, 1.807) is 27.9 Å². The molecule has 2 aromatic carbocycles. The number of halogens is 1. The van der Waals surface area contributed by atoms with Crippen LogP contribution in [0.1, 0.15) is 36.2 Å². The number of benzene rings is 2. The van der Waals surface area contributed by atoms with Gasteiger partial charge in [0, 0.05) is 57.4 Å². The highest BCUT2D eigenvalue weighted by molar-refractivity contribution is 6.08. The molecule has 3 aromatic rings. The first-order valence-corrected chi connectivity index (χ1v) is 13.4. The number of fused-ring (bicyclic) bond motifs is 2. The molecule has 0 bridgehead atoms. The summed E-state index contributed by atoms with van der Waals surface area (Å²) < 4.78 is 22.5. The number of aromatic nitrogens is 2. The van der Waals surface area contributed by atoms with Crippen molar-refractivity contribution in [1.82, 2.24) is 19.6 Å². The summed E-state index contributed by atoms with van der Waals surface area (Å²) in [5, 5.41) is 7.69. The molecule has 1 saturated heterocycles. The zero-order valence-electron chi connectivity index (χ0n) is 22.5. The summed E-state index contributed by atoms with van der Waals surface area (Å²) in [6.45, 7) is 11.7. The smallest absolute Gasteiger partial charge is 0.258 e. The van der Waals surface area contributed by atoms with E-state index in [2.05, 4.69) is 34.1 Å². The van der Waals surface area contributed by atoms with Crippen molar-refractivity contribution >= 4 is 23.1 Å². The van der Waals surface area contributed by atoms with E-state index >= 15 is 0 Å². The lowest BCUT2D eigenvalue weighted by Gasteiger charge is -2.35. The summed E-state index contributed by atoms with van der Waals surface area (Å²) in [6, 6.07) is 12.1. The largest absolute Gasteiger partial charge is 0.490 e. The third kappa shape index (κ3) is 5.84. The number of nitrogens with one attached hydrogen (secondary N) is 1. The highest BCUT2D eigenvalue weighted by atomic mass is 19.1. The SMILES string of the molecule is CC(C)CN1CCN(CCCOc2ccc(C(=O)N3Cc4cnn(C)c4Nc4ccccc43)cc2F)CC1. The van der Waals surface area contributed by atoms with Gasteiger partial charge in [-0.15, -0.1) is 0 Å². The Morgan fingerprint density at radius 1 is 1.11 bits per heavy atom. The summed E-state index contributed by atoms with van der Waals surface area (Å²) in [5.74, 6) is 0.896. The zero-order valence-corrected chi connectivity index (χ0v) is 22.5. The van der Waals surface area contributed by atoms with Crippen molar-refractivity contribution in [3.63, 3.8) is 0 Å². The van der Waals surface area contributed by atoms with Gasteiger partial charge < -0.3 is 24.8 Å². The van der Waals surface area contributed by atoms with E-state index in [1.165, 1.54) is 6.07 Å². The molecule has 3 heterocycles. The number of ether oxygens (including phenoxy) is 1. The Balaban J connectivity index is 1.19. The summed E-state index contributed by atoms with van der Waals surface area (Å²) in [5.41, 5.74) is 2.69. The van der Waals surface area contributed by atoms with Crippen molar-refractivity contribution in [3.05, 3.63) is 65.6 Å². The molecular formula is C29H37FN6O2. The highest BCUT2D eigenvalue weighted by Crippen LogP contribution is 2.36. The predicted molar refractivity (Wildman–Crippen MR) is 148 cm³/mol. The summed E-state index contributed by atoms with van der Waals surface area (Å²) in [7, 11) is 1.86. The maximum Gasteiger partial charge on any atom is 0.258 e. The molecule has 2 aliphatic heterocycles. The number of amides is 1. The van der Waals surface area contributed by atoms with Gasteiger partial charge in [-0.2, -0.15) is 5.10 Å². The van der Waals surface area contributed by atoms with Crippen LogP contribution in [-0.2, 0) is 13.6 Å². The number of aryl methyl sites for hydroxylation is 1. The molecule has 0 atom stereocenters. The lowest BCUT2D eigenvalue weighted by atomic mass is 10.1. The van der Waals surface area contributed by atoms with Crippen LogP contribution in [0.25, 0.3) is 0 Å². The molecule has 0 unspecified atom stereocenters. The molecule has 0 aliphatic carbocycles. The molecule has 1 N–H and O–H groups in total. The van der Waals surface area contributed by atoms with Crippen molar-refractivity contribution in [2.45, 2.75) is 26.8 Å². The molecule has 1 fully saturated rings. The summed E-state index contributed by atoms with van der Waals surface area (Å²) >= 11 is 0. The summed E-state index contributed by atoms with van der Waals surface area (Å²) in [6.07, 6.45) is 2.58. The van der Waals surface area contributed by atoms with E-state index in [9.17, 15) is 9.18 Å². The van der Waals surface area contributed by atoms with Crippen molar-refractivity contribution in [2.75, 3.05) is 56.1 Å². The molecule has 2 aliphatic rings. The molecule has 202 valence electrons. The lowest BCUT2D eigenvalue weighted by Crippen LogP contribution is -2.47. The number of hydrogen-bond donors (Lipinski definition) is 1. The molecular weight excluding hydrogens is 483 g/mol.